The number of hydrogen-bond acceptors (Lipinski definition) is 2. The van der Waals surface area contributed by atoms with Crippen molar-refractivity contribution >= 4 is 33.7 Å². The van der Waals surface area contributed by atoms with Crippen LogP contribution >= 0.6 is 23.2 Å². The molecule has 0 aromatic rings. The summed E-state index contributed by atoms with van der Waals surface area (Å²) in [5.41, 5.74) is 0. The Balaban J connectivity index is 1.90. The fraction of sp³-hybridized carbons (Fsp3) is 0.917. The molecule has 2 nitrogen and oxygen atoms in total. The zero-order chi connectivity index (χ0) is 20.2. The minimum Gasteiger partial charge on any atom is -0.281 e. The van der Waals surface area contributed by atoms with Crippen LogP contribution in [0.1, 0.15) is 116 Å². The molecule has 0 amide bonds. The molecule has 4 heteroatoms. The van der Waals surface area contributed by atoms with Crippen LogP contribution in [0.4, 0.5) is 0 Å². The summed E-state index contributed by atoms with van der Waals surface area (Å²) in [6, 6.07) is 0. The molecule has 162 valence electrons. The van der Waals surface area contributed by atoms with Gasteiger partial charge in [-0.2, -0.15) is 0 Å². The number of carbonyl (C=O) groups excluding carboxylic acids is 2. The van der Waals surface area contributed by atoms with E-state index in [1.807, 2.05) is 0 Å². The van der Waals surface area contributed by atoms with E-state index < -0.39 is 0 Å². The Morgan fingerprint density at radius 1 is 0.607 bits per heavy atom. The van der Waals surface area contributed by atoms with Crippen LogP contribution in [-0.2, 0) is 9.59 Å². The van der Waals surface area contributed by atoms with Gasteiger partial charge in [-0.15, -0.1) is 0 Å². The van der Waals surface area contributed by atoms with E-state index in [2.05, 4.69) is 0 Å². The molecule has 2 saturated carbocycles. The highest BCUT2D eigenvalue weighted by molar-refractivity contribution is 6.64. The molecule has 3 unspecified atom stereocenters. The smallest absolute Gasteiger partial charge is 0.224 e. The topological polar surface area (TPSA) is 34.1 Å². The first-order valence-electron chi connectivity index (χ1n) is 11.9. The molecule has 28 heavy (non-hydrogen) atoms. The van der Waals surface area contributed by atoms with Gasteiger partial charge in [-0.05, 0) is 66.6 Å². The largest absolute Gasteiger partial charge is 0.281 e. The minimum atomic E-state index is -0.281. The lowest BCUT2D eigenvalue weighted by atomic mass is 9.75. The predicted octanol–water partition coefficient (Wildman–Crippen LogP) is 8.03. The van der Waals surface area contributed by atoms with Crippen LogP contribution in [0, 0.1) is 23.7 Å². The molecular weight excluding hydrogens is 391 g/mol. The molecule has 0 spiro atoms. The van der Waals surface area contributed by atoms with Crippen molar-refractivity contribution in [2.24, 2.45) is 23.7 Å². The Bertz CT molecular complexity index is 454. The van der Waals surface area contributed by atoms with E-state index in [-0.39, 0.29) is 22.3 Å². The summed E-state index contributed by atoms with van der Waals surface area (Å²) in [5.74, 6) is 1.55. The third-order valence-corrected chi connectivity index (χ3v) is 7.58. The van der Waals surface area contributed by atoms with Crippen LogP contribution in [0.2, 0.25) is 0 Å². The normalized spacial score (nSPS) is 29.7. The molecule has 0 radical (unpaired) electrons. The summed E-state index contributed by atoms with van der Waals surface area (Å²) >= 11 is 11.6. The van der Waals surface area contributed by atoms with Gasteiger partial charge >= 0.3 is 0 Å². The van der Waals surface area contributed by atoms with Gasteiger partial charge in [-0.1, -0.05) is 83.5 Å². The lowest BCUT2D eigenvalue weighted by molar-refractivity contribution is -0.117. The maximum absolute atomic E-state index is 12.0. The average molecular weight is 431 g/mol. The third kappa shape index (κ3) is 10.1. The van der Waals surface area contributed by atoms with Gasteiger partial charge in [0.05, 0.1) is 0 Å². The summed E-state index contributed by atoms with van der Waals surface area (Å²) in [5, 5.41) is -0.492. The van der Waals surface area contributed by atoms with Gasteiger partial charge < -0.3 is 0 Å². The van der Waals surface area contributed by atoms with E-state index in [0.717, 1.165) is 31.6 Å². The number of halogens is 2. The molecule has 2 aliphatic carbocycles. The zero-order valence-electron chi connectivity index (χ0n) is 17.6. The molecule has 0 N–H and O–H groups in total. The van der Waals surface area contributed by atoms with Crippen LogP contribution < -0.4 is 0 Å². The van der Waals surface area contributed by atoms with Crippen molar-refractivity contribution in [1.29, 1.82) is 0 Å². The third-order valence-electron chi connectivity index (χ3n) is 7.12. The maximum Gasteiger partial charge on any atom is 0.224 e. The lowest BCUT2D eigenvalue weighted by Crippen LogP contribution is -2.23. The molecule has 0 heterocycles. The molecule has 0 aromatic heterocycles. The standard InChI is InChI=1S/C24H40Cl2O2/c25-23(27)18-21-14-10-13-20(16-22(17-21)24(26)28)15-19-11-8-6-4-2-1-3-5-7-9-12-19/h19-22H,1-18H2. The van der Waals surface area contributed by atoms with E-state index in [0.29, 0.717) is 12.3 Å². The van der Waals surface area contributed by atoms with Gasteiger partial charge in [-0.3, -0.25) is 9.59 Å². The van der Waals surface area contributed by atoms with Crippen LogP contribution in [0.3, 0.4) is 0 Å². The van der Waals surface area contributed by atoms with Gasteiger partial charge in [0.2, 0.25) is 10.5 Å². The van der Waals surface area contributed by atoms with E-state index in [1.165, 1.54) is 83.5 Å². The Hall–Kier alpha value is -0.0800. The first-order valence-corrected chi connectivity index (χ1v) is 12.7. The van der Waals surface area contributed by atoms with Crippen molar-refractivity contribution in [3.63, 3.8) is 0 Å². The summed E-state index contributed by atoms with van der Waals surface area (Å²) < 4.78 is 0. The Labute approximate surface area is 182 Å². The van der Waals surface area contributed by atoms with Gasteiger partial charge in [0, 0.05) is 12.3 Å². The second kappa shape index (κ2) is 14.0. The molecule has 0 saturated heterocycles. The number of rotatable bonds is 5. The number of carbonyl (C=O) groups is 2. The molecule has 0 bridgehead atoms. The van der Waals surface area contributed by atoms with E-state index in [4.69, 9.17) is 23.2 Å². The van der Waals surface area contributed by atoms with Crippen LogP contribution in [0.15, 0.2) is 0 Å². The van der Waals surface area contributed by atoms with Crippen molar-refractivity contribution in [2.75, 3.05) is 0 Å². The second-order valence-corrected chi connectivity index (χ2v) is 10.3. The second-order valence-electron chi connectivity index (χ2n) is 9.56. The predicted molar refractivity (Wildman–Crippen MR) is 119 cm³/mol. The molecule has 0 aromatic carbocycles. The molecule has 0 aliphatic heterocycles. The van der Waals surface area contributed by atoms with E-state index in [1.54, 1.807) is 0 Å². The first-order chi connectivity index (χ1) is 13.5. The highest BCUT2D eigenvalue weighted by Crippen LogP contribution is 2.37. The molecule has 2 fully saturated rings. The fourth-order valence-corrected chi connectivity index (χ4v) is 5.99. The first kappa shape index (κ1) is 24.2. The highest BCUT2D eigenvalue weighted by Gasteiger charge is 2.29. The van der Waals surface area contributed by atoms with Crippen molar-refractivity contribution in [2.45, 2.75) is 116 Å². The SMILES string of the molecule is O=C(Cl)CC1CCCC(CC2CCCCCCCCCCC2)CC(C(=O)Cl)C1. The van der Waals surface area contributed by atoms with Crippen molar-refractivity contribution < 1.29 is 9.59 Å². The Morgan fingerprint density at radius 2 is 1.07 bits per heavy atom. The van der Waals surface area contributed by atoms with Crippen LogP contribution in [0.5, 0.6) is 0 Å². The lowest BCUT2D eigenvalue weighted by Gasteiger charge is -2.31. The van der Waals surface area contributed by atoms with Crippen LogP contribution in [-0.4, -0.2) is 10.5 Å². The summed E-state index contributed by atoms with van der Waals surface area (Å²) in [4.78, 5) is 23.4. The number of hydrogen-bond donors (Lipinski definition) is 0. The summed E-state index contributed by atoms with van der Waals surface area (Å²) in [6.07, 6.45) is 21.9. The van der Waals surface area contributed by atoms with Gasteiger partial charge in [0.15, 0.2) is 0 Å². The van der Waals surface area contributed by atoms with Gasteiger partial charge in [0.1, 0.15) is 0 Å². The molecule has 3 atom stereocenters. The Morgan fingerprint density at radius 3 is 1.61 bits per heavy atom. The van der Waals surface area contributed by atoms with Crippen molar-refractivity contribution in [1.82, 2.24) is 0 Å². The molecule has 2 aliphatic rings. The maximum atomic E-state index is 12.0. The summed E-state index contributed by atoms with van der Waals surface area (Å²) in [6.45, 7) is 0. The fourth-order valence-electron chi connectivity index (χ4n) is 5.60. The van der Waals surface area contributed by atoms with E-state index in [9.17, 15) is 9.59 Å². The zero-order valence-corrected chi connectivity index (χ0v) is 19.1. The quantitative estimate of drug-likeness (QED) is 0.413. The Kier molecular flexibility index (Phi) is 12.1. The van der Waals surface area contributed by atoms with Gasteiger partial charge in [0.25, 0.3) is 0 Å². The van der Waals surface area contributed by atoms with Crippen LogP contribution in [0.25, 0.3) is 0 Å². The van der Waals surface area contributed by atoms with Gasteiger partial charge in [-0.25, -0.2) is 0 Å². The van der Waals surface area contributed by atoms with Crippen molar-refractivity contribution in [3.05, 3.63) is 0 Å². The van der Waals surface area contributed by atoms with Crippen molar-refractivity contribution in [3.8, 4) is 0 Å². The van der Waals surface area contributed by atoms with E-state index >= 15 is 0 Å². The monoisotopic (exact) mass is 430 g/mol. The molecule has 2 rings (SSSR count). The molecular formula is C24H40Cl2O2. The summed E-state index contributed by atoms with van der Waals surface area (Å²) in [7, 11) is 0. The minimum absolute atomic E-state index is 0.0979. The average Bonchev–Trinajstić information content (AvgIpc) is 2.60. The highest BCUT2D eigenvalue weighted by atomic mass is 35.5.